The van der Waals surface area contributed by atoms with Crippen molar-refractivity contribution in [1.29, 1.82) is 0 Å². The number of anilines is 1. The first kappa shape index (κ1) is 15.8. The van der Waals surface area contributed by atoms with Crippen LogP contribution < -0.4 is 16.4 Å². The summed E-state index contributed by atoms with van der Waals surface area (Å²) in [6.07, 6.45) is 5.13. The van der Waals surface area contributed by atoms with Gasteiger partial charge in [-0.15, -0.1) is 0 Å². The fourth-order valence-electron chi connectivity index (χ4n) is 2.97. The van der Waals surface area contributed by atoms with Crippen molar-refractivity contribution in [2.75, 3.05) is 11.9 Å². The van der Waals surface area contributed by atoms with Gasteiger partial charge in [0, 0.05) is 18.3 Å². The zero-order valence-electron chi connectivity index (χ0n) is 13.1. The van der Waals surface area contributed by atoms with Crippen LogP contribution in [0.15, 0.2) is 24.3 Å². The van der Waals surface area contributed by atoms with Crippen LogP contribution in [0.1, 0.15) is 51.1 Å². The summed E-state index contributed by atoms with van der Waals surface area (Å²) >= 11 is 0. The van der Waals surface area contributed by atoms with Gasteiger partial charge in [0.1, 0.15) is 0 Å². The first-order chi connectivity index (χ1) is 10.1. The van der Waals surface area contributed by atoms with Gasteiger partial charge in [0.2, 0.25) is 0 Å². The lowest BCUT2D eigenvalue weighted by Gasteiger charge is -2.28. The van der Waals surface area contributed by atoms with Gasteiger partial charge in [-0.3, -0.25) is 0 Å². The minimum atomic E-state index is -0.124. The fourth-order valence-corrected chi connectivity index (χ4v) is 2.97. The number of nitrogens with one attached hydrogen (secondary N) is 2. The van der Waals surface area contributed by atoms with Crippen molar-refractivity contribution in [3.63, 3.8) is 0 Å². The van der Waals surface area contributed by atoms with E-state index < -0.39 is 0 Å². The Morgan fingerprint density at radius 2 is 1.95 bits per heavy atom. The van der Waals surface area contributed by atoms with E-state index in [0.29, 0.717) is 11.8 Å². The van der Waals surface area contributed by atoms with Gasteiger partial charge in [-0.25, -0.2) is 4.79 Å². The van der Waals surface area contributed by atoms with E-state index in [1.807, 2.05) is 31.2 Å². The molecule has 4 nitrogen and oxygen atoms in total. The number of urea groups is 1. The Morgan fingerprint density at radius 3 is 2.57 bits per heavy atom. The maximum absolute atomic E-state index is 11.9. The molecule has 3 atom stereocenters. The predicted octanol–water partition coefficient (Wildman–Crippen LogP) is 3.65. The van der Waals surface area contributed by atoms with Crippen molar-refractivity contribution in [1.82, 2.24) is 5.32 Å². The smallest absolute Gasteiger partial charge is 0.319 e. The van der Waals surface area contributed by atoms with Gasteiger partial charge in [0.05, 0.1) is 0 Å². The summed E-state index contributed by atoms with van der Waals surface area (Å²) in [5, 5.41) is 5.87. The summed E-state index contributed by atoms with van der Waals surface area (Å²) in [6.45, 7) is 5.00. The molecule has 2 rings (SSSR count). The number of amides is 2. The van der Waals surface area contributed by atoms with E-state index in [-0.39, 0.29) is 12.1 Å². The quantitative estimate of drug-likeness (QED) is 0.792. The Morgan fingerprint density at radius 1 is 1.29 bits per heavy atom. The van der Waals surface area contributed by atoms with E-state index in [0.717, 1.165) is 17.8 Å². The average Bonchev–Trinajstić information content (AvgIpc) is 2.47. The highest BCUT2D eigenvalue weighted by molar-refractivity contribution is 5.89. The molecule has 0 aromatic heterocycles. The zero-order valence-corrected chi connectivity index (χ0v) is 13.1. The van der Waals surface area contributed by atoms with Gasteiger partial charge in [-0.1, -0.05) is 38.3 Å². The monoisotopic (exact) mass is 289 g/mol. The molecule has 2 amide bonds. The molecule has 0 radical (unpaired) electrons. The minimum Gasteiger partial charge on any atom is -0.338 e. The molecular weight excluding hydrogens is 262 g/mol. The molecule has 4 heteroatoms. The van der Waals surface area contributed by atoms with Crippen LogP contribution >= 0.6 is 0 Å². The molecule has 0 spiro atoms. The van der Waals surface area contributed by atoms with Crippen LogP contribution in [-0.2, 0) is 0 Å². The van der Waals surface area contributed by atoms with Crippen LogP contribution in [0.5, 0.6) is 0 Å². The number of carbonyl (C=O) groups excluding carboxylic acids is 1. The van der Waals surface area contributed by atoms with E-state index in [9.17, 15) is 4.79 Å². The molecule has 0 bridgehead atoms. The summed E-state index contributed by atoms with van der Waals surface area (Å²) < 4.78 is 0. The Bertz CT molecular complexity index is 456. The maximum Gasteiger partial charge on any atom is 0.319 e. The van der Waals surface area contributed by atoms with Crippen LogP contribution in [0.3, 0.4) is 0 Å². The molecule has 1 aromatic carbocycles. The van der Waals surface area contributed by atoms with Crippen LogP contribution in [0.4, 0.5) is 10.5 Å². The third-order valence-corrected chi connectivity index (χ3v) is 4.51. The molecule has 4 N–H and O–H groups in total. The van der Waals surface area contributed by atoms with E-state index in [2.05, 4.69) is 17.6 Å². The topological polar surface area (TPSA) is 67.1 Å². The third-order valence-electron chi connectivity index (χ3n) is 4.51. The second kappa shape index (κ2) is 7.46. The summed E-state index contributed by atoms with van der Waals surface area (Å²) in [7, 11) is 0. The Balaban J connectivity index is 1.78. The number of rotatable bonds is 4. The molecule has 1 aliphatic carbocycles. The average molecular weight is 289 g/mol. The Kier molecular flexibility index (Phi) is 5.62. The van der Waals surface area contributed by atoms with Gasteiger partial charge >= 0.3 is 6.03 Å². The van der Waals surface area contributed by atoms with Crippen LogP contribution in [0, 0.1) is 11.8 Å². The number of hydrogen-bond donors (Lipinski definition) is 3. The highest BCUT2D eigenvalue weighted by Crippen LogP contribution is 2.28. The molecule has 116 valence electrons. The molecule has 1 saturated carbocycles. The number of hydrogen-bond acceptors (Lipinski definition) is 2. The van der Waals surface area contributed by atoms with Crippen LogP contribution in [0.2, 0.25) is 0 Å². The van der Waals surface area contributed by atoms with Crippen molar-refractivity contribution in [3.8, 4) is 0 Å². The summed E-state index contributed by atoms with van der Waals surface area (Å²) in [5.41, 5.74) is 7.67. The molecule has 1 fully saturated rings. The number of benzene rings is 1. The zero-order chi connectivity index (χ0) is 15.2. The molecule has 3 unspecified atom stereocenters. The van der Waals surface area contributed by atoms with Crippen molar-refractivity contribution < 1.29 is 4.79 Å². The van der Waals surface area contributed by atoms with Crippen molar-refractivity contribution in [2.24, 2.45) is 17.6 Å². The Labute approximate surface area is 127 Å². The highest BCUT2D eigenvalue weighted by Gasteiger charge is 2.21. The van der Waals surface area contributed by atoms with Gasteiger partial charge in [0.25, 0.3) is 0 Å². The largest absolute Gasteiger partial charge is 0.338 e. The first-order valence-electron chi connectivity index (χ1n) is 7.96. The molecule has 21 heavy (non-hydrogen) atoms. The highest BCUT2D eigenvalue weighted by atomic mass is 16.2. The molecule has 0 saturated heterocycles. The second-order valence-corrected chi connectivity index (χ2v) is 6.27. The number of carbonyl (C=O) groups is 1. The van der Waals surface area contributed by atoms with Crippen LogP contribution in [-0.4, -0.2) is 12.6 Å². The maximum atomic E-state index is 11.9. The number of nitrogens with two attached hydrogens (primary N) is 1. The third kappa shape index (κ3) is 4.74. The van der Waals surface area contributed by atoms with E-state index >= 15 is 0 Å². The molecular formula is C17H27N3O. The lowest BCUT2D eigenvalue weighted by molar-refractivity contribution is 0.231. The van der Waals surface area contributed by atoms with Gasteiger partial charge < -0.3 is 16.4 Å². The predicted molar refractivity (Wildman–Crippen MR) is 87.2 cm³/mol. The van der Waals surface area contributed by atoms with Crippen LogP contribution in [0.25, 0.3) is 0 Å². The van der Waals surface area contributed by atoms with E-state index in [1.54, 1.807) is 0 Å². The van der Waals surface area contributed by atoms with E-state index in [4.69, 9.17) is 5.73 Å². The molecule has 1 aromatic rings. The van der Waals surface area contributed by atoms with E-state index in [1.165, 1.54) is 25.7 Å². The second-order valence-electron chi connectivity index (χ2n) is 6.27. The summed E-state index contributed by atoms with van der Waals surface area (Å²) in [5.74, 6) is 1.33. The molecule has 1 aliphatic rings. The van der Waals surface area contributed by atoms with Crippen molar-refractivity contribution in [3.05, 3.63) is 29.8 Å². The summed E-state index contributed by atoms with van der Waals surface area (Å²) in [6, 6.07) is 7.57. The first-order valence-corrected chi connectivity index (χ1v) is 7.96. The normalized spacial score (nSPS) is 23.4. The standard InChI is InChI=1S/C17H27N3O/c1-12-5-3-4-6-15(12)11-19-17(21)20-16-9-7-14(8-10-16)13(2)18/h7-10,12-13,15H,3-6,11,18H2,1-2H3,(H2,19,20,21). The SMILES string of the molecule is CC(N)c1ccc(NC(=O)NCC2CCCCC2C)cc1. The van der Waals surface area contributed by atoms with Gasteiger partial charge in [-0.05, 0) is 42.9 Å². The lowest BCUT2D eigenvalue weighted by atomic mass is 9.80. The summed E-state index contributed by atoms with van der Waals surface area (Å²) in [4.78, 5) is 11.9. The van der Waals surface area contributed by atoms with Gasteiger partial charge in [0.15, 0.2) is 0 Å². The van der Waals surface area contributed by atoms with Crippen molar-refractivity contribution >= 4 is 11.7 Å². The minimum absolute atomic E-state index is 0.0145. The fraction of sp³-hybridized carbons (Fsp3) is 0.588. The van der Waals surface area contributed by atoms with Gasteiger partial charge in [-0.2, -0.15) is 0 Å². The Hall–Kier alpha value is -1.55. The molecule has 0 heterocycles. The van der Waals surface area contributed by atoms with Crippen molar-refractivity contribution in [2.45, 2.75) is 45.6 Å². The molecule has 0 aliphatic heterocycles. The lowest BCUT2D eigenvalue weighted by Crippen LogP contribution is -2.36.